The number of hydrogen-bond acceptors (Lipinski definition) is 5. The molecule has 0 aliphatic carbocycles. The molecule has 12 heteroatoms. The number of carbonyl (C=O) groups excluding carboxylic acids is 3. The number of nitrogens with one attached hydrogen (secondary N) is 4. The van der Waals surface area contributed by atoms with E-state index in [9.17, 15) is 23.2 Å². The fourth-order valence-corrected chi connectivity index (χ4v) is 3.83. The van der Waals surface area contributed by atoms with Crippen LogP contribution in [0.25, 0.3) is 0 Å². The minimum atomic E-state index is -2.75. The number of halogens is 4. The van der Waals surface area contributed by atoms with Crippen molar-refractivity contribution < 1.29 is 27.9 Å². The standard InChI is InChI=1S/C28H28BrClF2N4O4/c1-28(2,33-3)27(39)34-14-16-4-10-22(30)20(12-16)25(37)36-19-9-11-23(40-15-24(31)32)21(13-19)26(38)35-18-7-5-17(29)6-8-18/h4-13,24,33H,14-15H2,1-3H3,(H,34,39)(H,35,38)(H,36,37). The zero-order valence-corrected chi connectivity index (χ0v) is 24.3. The topological polar surface area (TPSA) is 109 Å². The van der Waals surface area contributed by atoms with Gasteiger partial charge in [-0.25, -0.2) is 8.78 Å². The molecule has 40 heavy (non-hydrogen) atoms. The van der Waals surface area contributed by atoms with Crippen LogP contribution in [-0.2, 0) is 11.3 Å². The molecular weight excluding hydrogens is 610 g/mol. The minimum absolute atomic E-state index is 0.0592. The number of likely N-dealkylation sites (N-methyl/N-ethyl adjacent to an activating group) is 1. The number of rotatable bonds is 11. The van der Waals surface area contributed by atoms with Crippen molar-refractivity contribution in [2.24, 2.45) is 0 Å². The van der Waals surface area contributed by atoms with Gasteiger partial charge in [0.2, 0.25) is 5.91 Å². The minimum Gasteiger partial charge on any atom is -0.487 e. The van der Waals surface area contributed by atoms with E-state index in [0.29, 0.717) is 11.3 Å². The van der Waals surface area contributed by atoms with Crippen LogP contribution >= 0.6 is 27.5 Å². The fraction of sp³-hybridized carbons (Fsp3) is 0.250. The largest absolute Gasteiger partial charge is 0.487 e. The summed E-state index contributed by atoms with van der Waals surface area (Å²) in [7, 11) is 1.68. The second-order valence-corrected chi connectivity index (χ2v) is 10.5. The maximum atomic E-state index is 13.1. The van der Waals surface area contributed by atoms with Crippen molar-refractivity contribution in [1.29, 1.82) is 0 Å². The lowest BCUT2D eigenvalue weighted by molar-refractivity contribution is -0.126. The van der Waals surface area contributed by atoms with E-state index in [-0.39, 0.29) is 40.0 Å². The van der Waals surface area contributed by atoms with Crippen molar-refractivity contribution in [2.45, 2.75) is 32.4 Å². The smallest absolute Gasteiger partial charge is 0.272 e. The first kappa shape index (κ1) is 31.0. The summed E-state index contributed by atoms with van der Waals surface area (Å²) < 4.78 is 31.5. The molecule has 0 radical (unpaired) electrons. The van der Waals surface area contributed by atoms with Crippen molar-refractivity contribution in [2.75, 3.05) is 24.3 Å². The Bertz CT molecular complexity index is 1390. The summed E-state index contributed by atoms with van der Waals surface area (Å²) in [5.74, 6) is -1.50. The Morgan fingerprint density at radius 1 is 0.925 bits per heavy atom. The third-order valence-electron chi connectivity index (χ3n) is 5.87. The van der Waals surface area contributed by atoms with Gasteiger partial charge in [0.1, 0.15) is 12.4 Å². The van der Waals surface area contributed by atoms with Crippen molar-refractivity contribution in [1.82, 2.24) is 10.6 Å². The quantitative estimate of drug-likeness (QED) is 0.211. The van der Waals surface area contributed by atoms with Crippen LogP contribution in [0.1, 0.15) is 40.1 Å². The molecule has 3 aromatic carbocycles. The maximum Gasteiger partial charge on any atom is 0.272 e. The molecule has 8 nitrogen and oxygen atoms in total. The molecule has 0 aromatic heterocycles. The van der Waals surface area contributed by atoms with Crippen molar-refractivity contribution in [3.8, 4) is 5.75 Å². The van der Waals surface area contributed by atoms with E-state index in [4.69, 9.17) is 16.3 Å². The summed E-state index contributed by atoms with van der Waals surface area (Å²) in [6.07, 6.45) is -2.75. The average Bonchev–Trinajstić information content (AvgIpc) is 2.92. The van der Waals surface area contributed by atoms with Gasteiger partial charge in [-0.2, -0.15) is 0 Å². The molecule has 0 saturated heterocycles. The Kier molecular flexibility index (Phi) is 10.6. The Morgan fingerprint density at radius 2 is 1.55 bits per heavy atom. The van der Waals surface area contributed by atoms with Crippen LogP contribution in [0.15, 0.2) is 65.1 Å². The van der Waals surface area contributed by atoms with E-state index in [2.05, 4.69) is 37.2 Å². The normalized spacial score (nSPS) is 11.2. The Balaban J connectivity index is 1.81. The monoisotopic (exact) mass is 636 g/mol. The lowest BCUT2D eigenvalue weighted by Gasteiger charge is -2.22. The second kappa shape index (κ2) is 13.7. The summed E-state index contributed by atoms with van der Waals surface area (Å²) in [6, 6.07) is 15.6. The van der Waals surface area contributed by atoms with E-state index >= 15 is 0 Å². The summed E-state index contributed by atoms with van der Waals surface area (Å²) in [4.78, 5) is 38.5. The van der Waals surface area contributed by atoms with Crippen LogP contribution < -0.4 is 26.0 Å². The van der Waals surface area contributed by atoms with E-state index in [1.54, 1.807) is 63.4 Å². The summed E-state index contributed by atoms with van der Waals surface area (Å²) in [5, 5.41) is 11.2. The molecule has 0 saturated carbocycles. The predicted molar refractivity (Wildman–Crippen MR) is 154 cm³/mol. The van der Waals surface area contributed by atoms with Gasteiger partial charge in [0.15, 0.2) is 0 Å². The van der Waals surface area contributed by atoms with E-state index in [1.807, 2.05) is 0 Å². The molecule has 0 fully saturated rings. The first-order valence-corrected chi connectivity index (χ1v) is 13.3. The number of anilines is 2. The summed E-state index contributed by atoms with van der Waals surface area (Å²) in [6.45, 7) is 2.73. The van der Waals surface area contributed by atoms with Crippen molar-refractivity contribution >= 4 is 56.6 Å². The highest BCUT2D eigenvalue weighted by atomic mass is 79.9. The molecule has 0 spiro atoms. The van der Waals surface area contributed by atoms with Gasteiger partial charge in [-0.15, -0.1) is 0 Å². The Morgan fingerprint density at radius 3 is 2.20 bits per heavy atom. The number of carbonyl (C=O) groups is 3. The zero-order valence-electron chi connectivity index (χ0n) is 21.9. The lowest BCUT2D eigenvalue weighted by Crippen LogP contribution is -2.50. The van der Waals surface area contributed by atoms with Gasteiger partial charge < -0.3 is 26.0 Å². The van der Waals surface area contributed by atoms with Crippen LogP contribution in [0.4, 0.5) is 20.2 Å². The highest BCUT2D eigenvalue weighted by Crippen LogP contribution is 2.27. The number of amides is 3. The average molecular weight is 638 g/mol. The molecule has 4 N–H and O–H groups in total. The lowest BCUT2D eigenvalue weighted by atomic mass is 10.0. The maximum absolute atomic E-state index is 13.1. The first-order valence-electron chi connectivity index (χ1n) is 12.1. The second-order valence-electron chi connectivity index (χ2n) is 9.20. The molecule has 0 bridgehead atoms. The van der Waals surface area contributed by atoms with Gasteiger partial charge in [-0.05, 0) is 81.1 Å². The van der Waals surface area contributed by atoms with E-state index in [1.165, 1.54) is 18.2 Å². The summed E-state index contributed by atoms with van der Waals surface area (Å²) >= 11 is 9.59. The number of hydrogen-bond donors (Lipinski definition) is 4. The molecular formula is C28H28BrClF2N4O4. The fourth-order valence-electron chi connectivity index (χ4n) is 3.37. The molecule has 212 valence electrons. The highest BCUT2D eigenvalue weighted by Gasteiger charge is 2.25. The van der Waals surface area contributed by atoms with Crippen LogP contribution in [0, 0.1) is 0 Å². The predicted octanol–water partition coefficient (Wildman–Crippen LogP) is 5.87. The van der Waals surface area contributed by atoms with Crippen LogP contribution in [0.5, 0.6) is 5.75 Å². The van der Waals surface area contributed by atoms with Crippen LogP contribution in [0.2, 0.25) is 5.02 Å². The van der Waals surface area contributed by atoms with E-state index in [0.717, 1.165) is 4.47 Å². The Labute approximate surface area is 243 Å². The SMILES string of the molecule is CNC(C)(C)C(=O)NCc1ccc(Cl)c(C(=O)Nc2ccc(OCC(F)F)c(C(=O)Nc3ccc(Br)cc3)c2)c1. The van der Waals surface area contributed by atoms with Gasteiger partial charge >= 0.3 is 0 Å². The van der Waals surface area contributed by atoms with Crippen molar-refractivity contribution in [3.05, 3.63) is 86.8 Å². The van der Waals surface area contributed by atoms with Gasteiger partial charge in [-0.1, -0.05) is 33.6 Å². The molecule has 0 heterocycles. The number of benzene rings is 3. The molecule has 0 aliphatic heterocycles. The van der Waals surface area contributed by atoms with Crippen LogP contribution in [-0.4, -0.2) is 43.3 Å². The van der Waals surface area contributed by atoms with Gasteiger partial charge in [0.05, 0.1) is 21.7 Å². The molecule has 0 unspecified atom stereocenters. The molecule has 0 atom stereocenters. The van der Waals surface area contributed by atoms with Gasteiger partial charge in [-0.3, -0.25) is 14.4 Å². The molecule has 3 rings (SSSR count). The highest BCUT2D eigenvalue weighted by molar-refractivity contribution is 9.10. The Hall–Kier alpha value is -3.54. The summed E-state index contributed by atoms with van der Waals surface area (Å²) in [5.41, 5.74) is 0.618. The molecule has 3 amide bonds. The third-order valence-corrected chi connectivity index (χ3v) is 6.73. The van der Waals surface area contributed by atoms with Crippen LogP contribution in [0.3, 0.4) is 0 Å². The first-order chi connectivity index (χ1) is 18.9. The molecule has 3 aromatic rings. The number of ether oxygens (including phenoxy) is 1. The van der Waals surface area contributed by atoms with E-state index < -0.39 is 30.4 Å². The third kappa shape index (κ3) is 8.48. The molecule has 0 aliphatic rings. The van der Waals surface area contributed by atoms with Crippen molar-refractivity contribution in [3.63, 3.8) is 0 Å². The zero-order chi connectivity index (χ0) is 29.4. The number of alkyl halides is 2. The van der Waals surface area contributed by atoms with Gasteiger partial charge in [0, 0.05) is 22.4 Å². The van der Waals surface area contributed by atoms with Gasteiger partial charge in [0.25, 0.3) is 18.2 Å².